The van der Waals surface area contributed by atoms with Gasteiger partial charge in [0.15, 0.2) is 5.11 Å². The lowest BCUT2D eigenvalue weighted by atomic mass is 10.1. The Morgan fingerprint density at radius 1 is 1.15 bits per heavy atom. The summed E-state index contributed by atoms with van der Waals surface area (Å²) in [6.45, 7) is 3.30. The lowest BCUT2D eigenvalue weighted by Crippen LogP contribution is -2.42. The van der Waals surface area contributed by atoms with E-state index >= 15 is 0 Å². The van der Waals surface area contributed by atoms with Crippen molar-refractivity contribution >= 4 is 46.2 Å². The van der Waals surface area contributed by atoms with E-state index in [0.717, 1.165) is 30.6 Å². The highest BCUT2D eigenvalue weighted by Crippen LogP contribution is 2.30. The van der Waals surface area contributed by atoms with Crippen molar-refractivity contribution in [3.63, 3.8) is 0 Å². The molecule has 0 aliphatic carbocycles. The van der Waals surface area contributed by atoms with Crippen LogP contribution in [0.5, 0.6) is 0 Å². The Morgan fingerprint density at radius 2 is 1.85 bits per heavy atom. The molecule has 2 heterocycles. The third-order valence-corrected chi connectivity index (χ3v) is 6.81. The largest absolute Gasteiger partial charge is 0.378 e. The highest BCUT2D eigenvalue weighted by Gasteiger charge is 2.45. The van der Waals surface area contributed by atoms with E-state index in [9.17, 15) is 9.59 Å². The fraction of sp³-hybridized carbons (Fsp3) is 0.423. The standard InChI is InChI=1S/C26H32N4O3S/c1-4-18-7-9-19(10-8-18)27-24(31)16-23-25(32)30(21-13-11-20(12-14-21)28(2)3)26(34)29(23)17-22-6-5-15-33-22/h7-14,22-23H,4-6,15-17H2,1-3H3,(H,27,31)/t22-,23+/m0/s1. The number of hydrogen-bond donors (Lipinski definition) is 1. The molecule has 2 aliphatic rings. The first-order chi connectivity index (χ1) is 16.4. The molecule has 0 radical (unpaired) electrons. The minimum absolute atomic E-state index is 0.00830. The quantitative estimate of drug-likeness (QED) is 0.580. The molecule has 4 rings (SSSR count). The molecule has 180 valence electrons. The van der Waals surface area contributed by atoms with E-state index < -0.39 is 6.04 Å². The van der Waals surface area contributed by atoms with Gasteiger partial charge in [0.2, 0.25) is 5.91 Å². The number of nitrogens with zero attached hydrogens (tertiary/aromatic N) is 3. The van der Waals surface area contributed by atoms with E-state index in [-0.39, 0.29) is 24.3 Å². The monoisotopic (exact) mass is 480 g/mol. The van der Waals surface area contributed by atoms with Crippen LogP contribution in [0, 0.1) is 0 Å². The second-order valence-corrected chi connectivity index (χ2v) is 9.34. The van der Waals surface area contributed by atoms with E-state index in [4.69, 9.17) is 17.0 Å². The number of amides is 2. The zero-order valence-electron chi connectivity index (χ0n) is 20.0. The maximum Gasteiger partial charge on any atom is 0.256 e. The first kappa shape index (κ1) is 24.2. The molecule has 0 aromatic heterocycles. The van der Waals surface area contributed by atoms with Crippen LogP contribution in [0.15, 0.2) is 48.5 Å². The summed E-state index contributed by atoms with van der Waals surface area (Å²) in [4.78, 5) is 31.9. The smallest absolute Gasteiger partial charge is 0.256 e. The summed E-state index contributed by atoms with van der Waals surface area (Å²) < 4.78 is 5.82. The molecule has 0 bridgehead atoms. The fourth-order valence-corrected chi connectivity index (χ4v) is 4.80. The highest BCUT2D eigenvalue weighted by atomic mass is 32.1. The minimum Gasteiger partial charge on any atom is -0.378 e. The van der Waals surface area contributed by atoms with Gasteiger partial charge in [0.25, 0.3) is 5.91 Å². The van der Waals surface area contributed by atoms with Crippen molar-refractivity contribution < 1.29 is 14.3 Å². The van der Waals surface area contributed by atoms with Gasteiger partial charge in [-0.15, -0.1) is 0 Å². The van der Waals surface area contributed by atoms with Gasteiger partial charge in [-0.05, 0) is 73.4 Å². The van der Waals surface area contributed by atoms with Crippen molar-refractivity contribution in [2.24, 2.45) is 0 Å². The van der Waals surface area contributed by atoms with Gasteiger partial charge in [-0.2, -0.15) is 0 Å². The molecule has 2 aromatic rings. The summed E-state index contributed by atoms with van der Waals surface area (Å²) in [7, 11) is 3.93. The van der Waals surface area contributed by atoms with Crippen LogP contribution in [0.1, 0.15) is 31.7 Å². The lowest BCUT2D eigenvalue weighted by molar-refractivity contribution is -0.124. The number of ether oxygens (including phenoxy) is 1. The van der Waals surface area contributed by atoms with E-state index in [1.807, 2.05) is 72.4 Å². The third-order valence-electron chi connectivity index (χ3n) is 6.39. The molecule has 2 aromatic carbocycles. The maximum absolute atomic E-state index is 13.6. The Kier molecular flexibility index (Phi) is 7.48. The van der Waals surface area contributed by atoms with Gasteiger partial charge < -0.3 is 19.9 Å². The van der Waals surface area contributed by atoms with Crippen LogP contribution in [-0.2, 0) is 20.7 Å². The van der Waals surface area contributed by atoms with Gasteiger partial charge in [-0.3, -0.25) is 14.5 Å². The van der Waals surface area contributed by atoms with Gasteiger partial charge in [0, 0.05) is 38.6 Å². The summed E-state index contributed by atoms with van der Waals surface area (Å²) in [6, 6.07) is 14.8. The third kappa shape index (κ3) is 5.23. The molecule has 7 nitrogen and oxygen atoms in total. The number of hydrogen-bond acceptors (Lipinski definition) is 5. The Balaban J connectivity index is 1.53. The van der Waals surface area contributed by atoms with E-state index in [1.165, 1.54) is 5.56 Å². The molecular weight excluding hydrogens is 448 g/mol. The molecular formula is C26H32N4O3S. The average molecular weight is 481 g/mol. The van der Waals surface area contributed by atoms with Gasteiger partial charge in [0.05, 0.1) is 18.2 Å². The van der Waals surface area contributed by atoms with Gasteiger partial charge in [-0.1, -0.05) is 19.1 Å². The SMILES string of the molecule is CCc1ccc(NC(=O)C[C@@H]2C(=O)N(c3ccc(N(C)C)cc3)C(=S)N2C[C@@H]2CCCO2)cc1. The first-order valence-electron chi connectivity index (χ1n) is 11.8. The number of carbonyl (C=O) groups is 2. The maximum atomic E-state index is 13.6. The highest BCUT2D eigenvalue weighted by molar-refractivity contribution is 7.80. The molecule has 1 N–H and O–H groups in total. The second kappa shape index (κ2) is 10.5. The Morgan fingerprint density at radius 3 is 2.44 bits per heavy atom. The van der Waals surface area contributed by atoms with Gasteiger partial charge in [0.1, 0.15) is 6.04 Å². The molecule has 2 atom stereocenters. The molecule has 2 aliphatic heterocycles. The Bertz CT molecular complexity index is 1030. The van der Waals surface area contributed by atoms with Crippen molar-refractivity contribution in [3.05, 3.63) is 54.1 Å². The Hall–Kier alpha value is -2.97. The number of carbonyl (C=O) groups excluding carboxylic acids is 2. The van der Waals surface area contributed by atoms with E-state index in [2.05, 4.69) is 12.2 Å². The predicted molar refractivity (Wildman–Crippen MR) is 139 cm³/mol. The number of thiocarbonyl (C=S) groups is 1. The van der Waals surface area contributed by atoms with Crippen molar-refractivity contribution in [1.82, 2.24) is 4.90 Å². The van der Waals surface area contributed by atoms with Crippen LogP contribution >= 0.6 is 12.2 Å². The van der Waals surface area contributed by atoms with Crippen molar-refractivity contribution in [1.29, 1.82) is 0 Å². The van der Waals surface area contributed by atoms with Gasteiger partial charge in [-0.25, -0.2) is 0 Å². The second-order valence-electron chi connectivity index (χ2n) is 8.97. The lowest BCUT2D eigenvalue weighted by Gasteiger charge is -2.26. The molecule has 8 heteroatoms. The van der Waals surface area contributed by atoms with Crippen molar-refractivity contribution in [2.75, 3.05) is 42.4 Å². The van der Waals surface area contributed by atoms with Crippen molar-refractivity contribution in [2.45, 2.75) is 44.8 Å². The summed E-state index contributed by atoms with van der Waals surface area (Å²) in [5, 5.41) is 3.35. The molecule has 2 fully saturated rings. The van der Waals surface area contributed by atoms with Crippen LogP contribution in [0.25, 0.3) is 0 Å². The molecule has 0 saturated carbocycles. The minimum atomic E-state index is -0.667. The molecule has 34 heavy (non-hydrogen) atoms. The fourth-order valence-electron chi connectivity index (χ4n) is 4.40. The van der Waals surface area contributed by atoms with Crippen LogP contribution in [0.4, 0.5) is 17.1 Å². The summed E-state index contributed by atoms with van der Waals surface area (Å²) in [6.07, 6.45) is 2.88. The summed E-state index contributed by atoms with van der Waals surface area (Å²) in [5.74, 6) is -0.398. The number of nitrogens with one attached hydrogen (secondary N) is 1. The molecule has 2 saturated heterocycles. The van der Waals surface area contributed by atoms with Crippen LogP contribution < -0.4 is 15.1 Å². The van der Waals surface area contributed by atoms with E-state index in [1.54, 1.807) is 4.90 Å². The average Bonchev–Trinajstić information content (AvgIpc) is 3.42. The van der Waals surface area contributed by atoms with Crippen LogP contribution in [0.3, 0.4) is 0 Å². The number of anilines is 3. The summed E-state index contributed by atoms with van der Waals surface area (Å²) >= 11 is 5.76. The van der Waals surface area contributed by atoms with Crippen molar-refractivity contribution in [3.8, 4) is 0 Å². The summed E-state index contributed by atoms with van der Waals surface area (Å²) in [5.41, 5.74) is 3.66. The zero-order chi connectivity index (χ0) is 24.2. The molecule has 0 unspecified atom stereocenters. The number of benzene rings is 2. The molecule has 0 spiro atoms. The van der Waals surface area contributed by atoms with Gasteiger partial charge >= 0.3 is 0 Å². The molecule has 2 amide bonds. The first-order valence-corrected chi connectivity index (χ1v) is 12.2. The normalized spacial score (nSPS) is 20.2. The zero-order valence-corrected chi connectivity index (χ0v) is 20.8. The predicted octanol–water partition coefficient (Wildman–Crippen LogP) is 3.82. The number of aryl methyl sites for hydroxylation is 1. The topological polar surface area (TPSA) is 65.1 Å². The van der Waals surface area contributed by atoms with E-state index in [0.29, 0.717) is 24.0 Å². The van der Waals surface area contributed by atoms with Crippen LogP contribution in [-0.4, -0.2) is 61.2 Å². The van der Waals surface area contributed by atoms with Crippen LogP contribution in [0.2, 0.25) is 0 Å². The Labute approximate surface area is 206 Å². The number of rotatable bonds is 8.